The molecule has 0 radical (unpaired) electrons. The fraction of sp³-hybridized carbons (Fsp3) is 0.250. The van der Waals surface area contributed by atoms with Crippen molar-refractivity contribution in [3.05, 3.63) is 68.8 Å². The summed E-state index contributed by atoms with van der Waals surface area (Å²) in [6.45, 7) is 6.11. The molecular weight excluding hydrogens is 402 g/mol. The number of halogens is 2. The highest BCUT2D eigenvalue weighted by Gasteiger charge is 2.29. The van der Waals surface area contributed by atoms with Gasteiger partial charge in [-0.15, -0.1) is 0 Å². The van der Waals surface area contributed by atoms with Gasteiger partial charge in [-0.25, -0.2) is 9.36 Å². The molecule has 1 aromatic heterocycles. The minimum absolute atomic E-state index is 0.325. The molecule has 0 aliphatic heterocycles. The second kappa shape index (κ2) is 6.50. The molecule has 1 heterocycles. The van der Waals surface area contributed by atoms with Crippen molar-refractivity contribution in [3.63, 3.8) is 0 Å². The molecule has 130 valence electrons. The van der Waals surface area contributed by atoms with Crippen molar-refractivity contribution in [2.75, 3.05) is 0 Å². The molecule has 3 rings (SSSR count). The van der Waals surface area contributed by atoms with Crippen LogP contribution in [0.3, 0.4) is 0 Å². The number of nitrogens with zero attached hydrogens (tertiary/aromatic N) is 1. The van der Waals surface area contributed by atoms with Crippen molar-refractivity contribution in [3.8, 4) is 0 Å². The Bertz CT molecular complexity index is 952. The number of benzene rings is 2. The Labute approximate surface area is 160 Å². The van der Waals surface area contributed by atoms with E-state index in [1.807, 2.05) is 51.1 Å². The molecule has 0 aliphatic rings. The minimum Gasteiger partial charge on any atom is -0.464 e. The highest BCUT2D eigenvalue weighted by atomic mass is 79.9. The second-order valence-electron chi connectivity index (χ2n) is 7.16. The minimum atomic E-state index is -0.973. The Hall–Kier alpha value is -1.78. The van der Waals surface area contributed by atoms with E-state index in [4.69, 9.17) is 11.6 Å². The Morgan fingerprint density at radius 3 is 2.36 bits per heavy atom. The van der Waals surface area contributed by atoms with Gasteiger partial charge in [0.25, 0.3) is 0 Å². The Morgan fingerprint density at radius 2 is 1.80 bits per heavy atom. The number of hydrogen-bond donors (Lipinski definition) is 1. The van der Waals surface area contributed by atoms with Crippen molar-refractivity contribution < 1.29 is 9.90 Å². The zero-order valence-corrected chi connectivity index (χ0v) is 16.6. The molecule has 1 N–H and O–H groups in total. The molecule has 3 aromatic rings. The van der Waals surface area contributed by atoms with E-state index in [1.165, 1.54) is 4.57 Å². The Kier molecular flexibility index (Phi) is 4.69. The third-order valence-corrected chi connectivity index (χ3v) is 4.99. The van der Waals surface area contributed by atoms with Crippen LogP contribution in [0.2, 0.25) is 5.02 Å². The van der Waals surface area contributed by atoms with Crippen LogP contribution in [0, 0.1) is 0 Å². The molecule has 0 unspecified atom stereocenters. The van der Waals surface area contributed by atoms with Gasteiger partial charge in [-0.3, -0.25) is 0 Å². The van der Waals surface area contributed by atoms with Gasteiger partial charge in [-0.1, -0.05) is 60.4 Å². The van der Waals surface area contributed by atoms with E-state index in [0.29, 0.717) is 17.0 Å². The maximum Gasteiger partial charge on any atom is 0.416 e. The first-order chi connectivity index (χ1) is 11.7. The SMILES string of the molecule is CC(C)(C)c1c(Cc2ccc(Br)cc2)c2cc(Cl)ccc2n1C(=O)O. The van der Waals surface area contributed by atoms with Gasteiger partial charge < -0.3 is 5.11 Å². The van der Waals surface area contributed by atoms with Crippen molar-refractivity contribution in [1.82, 2.24) is 4.57 Å². The van der Waals surface area contributed by atoms with Gasteiger partial charge in [0, 0.05) is 26.0 Å². The maximum absolute atomic E-state index is 12.0. The zero-order valence-electron chi connectivity index (χ0n) is 14.3. The van der Waals surface area contributed by atoms with Crippen molar-refractivity contribution >= 4 is 44.5 Å². The fourth-order valence-corrected chi connectivity index (χ4v) is 3.74. The van der Waals surface area contributed by atoms with Crippen LogP contribution < -0.4 is 0 Å². The van der Waals surface area contributed by atoms with Crippen LogP contribution in [-0.4, -0.2) is 15.8 Å². The summed E-state index contributed by atoms with van der Waals surface area (Å²) in [6, 6.07) is 13.5. The van der Waals surface area contributed by atoms with Gasteiger partial charge in [0.2, 0.25) is 0 Å². The summed E-state index contributed by atoms with van der Waals surface area (Å²) in [7, 11) is 0. The van der Waals surface area contributed by atoms with Crippen LogP contribution in [0.1, 0.15) is 37.6 Å². The molecule has 0 aliphatic carbocycles. The molecule has 0 spiro atoms. The highest BCUT2D eigenvalue weighted by Crippen LogP contribution is 2.37. The van der Waals surface area contributed by atoms with Crippen LogP contribution in [0.15, 0.2) is 46.9 Å². The van der Waals surface area contributed by atoms with E-state index in [1.54, 1.807) is 12.1 Å². The smallest absolute Gasteiger partial charge is 0.416 e. The molecule has 25 heavy (non-hydrogen) atoms. The molecule has 0 atom stereocenters. The lowest BCUT2D eigenvalue weighted by molar-refractivity contribution is 0.195. The quantitative estimate of drug-likeness (QED) is 0.516. The number of rotatable bonds is 2. The number of fused-ring (bicyclic) bond motifs is 1. The first-order valence-corrected chi connectivity index (χ1v) is 9.16. The van der Waals surface area contributed by atoms with Gasteiger partial charge in [-0.2, -0.15) is 0 Å². The molecule has 0 saturated carbocycles. The van der Waals surface area contributed by atoms with E-state index in [0.717, 1.165) is 26.7 Å². The monoisotopic (exact) mass is 419 g/mol. The average Bonchev–Trinajstić information content (AvgIpc) is 2.83. The van der Waals surface area contributed by atoms with E-state index in [9.17, 15) is 9.90 Å². The summed E-state index contributed by atoms with van der Waals surface area (Å²) in [5.41, 5.74) is 3.29. The first-order valence-electron chi connectivity index (χ1n) is 7.99. The zero-order chi connectivity index (χ0) is 18.4. The van der Waals surface area contributed by atoms with Crippen molar-refractivity contribution in [2.45, 2.75) is 32.6 Å². The van der Waals surface area contributed by atoms with Gasteiger partial charge in [0.15, 0.2) is 0 Å². The van der Waals surface area contributed by atoms with E-state index >= 15 is 0 Å². The second-order valence-corrected chi connectivity index (χ2v) is 8.51. The molecule has 5 heteroatoms. The third-order valence-electron chi connectivity index (χ3n) is 4.23. The summed E-state index contributed by atoms with van der Waals surface area (Å²) in [6.07, 6.45) is -0.323. The van der Waals surface area contributed by atoms with Gasteiger partial charge in [0.05, 0.1) is 5.52 Å². The Balaban J connectivity index is 2.32. The molecule has 0 bridgehead atoms. The van der Waals surface area contributed by atoms with E-state index < -0.39 is 6.09 Å². The summed E-state index contributed by atoms with van der Waals surface area (Å²) < 4.78 is 2.42. The predicted molar refractivity (Wildman–Crippen MR) is 106 cm³/mol. The summed E-state index contributed by atoms with van der Waals surface area (Å²) in [5.74, 6) is 0. The number of carboxylic acid groups (broad SMARTS) is 1. The van der Waals surface area contributed by atoms with Crippen LogP contribution >= 0.6 is 27.5 Å². The molecular formula is C20H19BrClNO2. The van der Waals surface area contributed by atoms with Gasteiger partial charge in [-0.05, 0) is 47.9 Å². The predicted octanol–water partition coefficient (Wildman–Crippen LogP) is 6.47. The van der Waals surface area contributed by atoms with Crippen LogP contribution in [0.4, 0.5) is 4.79 Å². The topological polar surface area (TPSA) is 42.2 Å². The highest BCUT2D eigenvalue weighted by molar-refractivity contribution is 9.10. The van der Waals surface area contributed by atoms with Gasteiger partial charge in [0.1, 0.15) is 0 Å². The fourth-order valence-electron chi connectivity index (χ4n) is 3.30. The largest absolute Gasteiger partial charge is 0.464 e. The maximum atomic E-state index is 12.0. The number of aromatic nitrogens is 1. The molecule has 0 fully saturated rings. The average molecular weight is 421 g/mol. The van der Waals surface area contributed by atoms with E-state index in [2.05, 4.69) is 15.9 Å². The number of carbonyl (C=O) groups is 1. The lowest BCUT2D eigenvalue weighted by Crippen LogP contribution is -2.23. The molecule has 0 saturated heterocycles. The first kappa shape index (κ1) is 18.0. The normalized spacial score (nSPS) is 11.9. The summed E-state index contributed by atoms with van der Waals surface area (Å²) >= 11 is 9.66. The van der Waals surface area contributed by atoms with Crippen LogP contribution in [0.5, 0.6) is 0 Å². The molecule has 0 amide bonds. The Morgan fingerprint density at radius 1 is 1.16 bits per heavy atom. The lowest BCUT2D eigenvalue weighted by atomic mass is 9.86. The summed E-state index contributed by atoms with van der Waals surface area (Å²) in [4.78, 5) is 12.0. The van der Waals surface area contributed by atoms with Crippen LogP contribution in [0.25, 0.3) is 10.9 Å². The molecule has 2 aromatic carbocycles. The molecule has 3 nitrogen and oxygen atoms in total. The lowest BCUT2D eigenvalue weighted by Gasteiger charge is -2.22. The van der Waals surface area contributed by atoms with Crippen molar-refractivity contribution in [2.24, 2.45) is 0 Å². The number of hydrogen-bond acceptors (Lipinski definition) is 1. The van der Waals surface area contributed by atoms with Crippen LogP contribution in [-0.2, 0) is 11.8 Å². The standard InChI is InChI=1S/C20H19BrClNO2/c1-20(2,3)18-16(10-12-4-6-13(21)7-5-12)15-11-14(22)8-9-17(15)23(18)19(24)25/h4-9,11H,10H2,1-3H3,(H,24,25). The van der Waals surface area contributed by atoms with Crippen molar-refractivity contribution in [1.29, 1.82) is 0 Å². The van der Waals surface area contributed by atoms with Gasteiger partial charge >= 0.3 is 6.09 Å². The third kappa shape index (κ3) is 3.46. The van der Waals surface area contributed by atoms with E-state index in [-0.39, 0.29) is 5.41 Å². The summed E-state index contributed by atoms with van der Waals surface area (Å²) in [5, 5.41) is 11.3.